The zero-order valence-electron chi connectivity index (χ0n) is 5.41. The minimum Gasteiger partial charge on any atom is -0.321 e. The van der Waals surface area contributed by atoms with Crippen LogP contribution in [0.3, 0.4) is 0 Å². The predicted molar refractivity (Wildman–Crippen MR) is 36.3 cm³/mol. The second-order valence-electron chi connectivity index (χ2n) is 2.45. The maximum atomic E-state index is 10.7. The van der Waals surface area contributed by atoms with Crippen LogP contribution < -0.4 is 5.73 Å². The summed E-state index contributed by atoms with van der Waals surface area (Å²) in [4.78, 5) is 10.7. The summed E-state index contributed by atoms with van der Waals surface area (Å²) in [5.41, 5.74) is 5.29. The van der Waals surface area contributed by atoms with Gasteiger partial charge in [0.25, 0.3) is 0 Å². The standard InChI is InChI=1S/C5H9NO3S/c6-4-1-2-10(8,9)3-5(4)7/h4H,1-3,6H2. The fourth-order valence-corrected chi connectivity index (χ4v) is 2.27. The van der Waals surface area contributed by atoms with Gasteiger partial charge in [-0.1, -0.05) is 0 Å². The number of Topliss-reactive ketones (excluding diaryl/α,β-unsaturated/α-hetero) is 1. The Morgan fingerprint density at radius 3 is 2.50 bits per heavy atom. The lowest BCUT2D eigenvalue weighted by molar-refractivity contribution is -0.118. The molecule has 0 aromatic heterocycles. The molecule has 0 aromatic carbocycles. The van der Waals surface area contributed by atoms with Gasteiger partial charge in [-0.05, 0) is 6.42 Å². The van der Waals surface area contributed by atoms with Crippen molar-refractivity contribution in [1.29, 1.82) is 0 Å². The van der Waals surface area contributed by atoms with Crippen molar-refractivity contribution in [2.24, 2.45) is 5.73 Å². The fourth-order valence-electron chi connectivity index (χ4n) is 0.863. The molecule has 1 aliphatic rings. The number of nitrogens with two attached hydrogens (primary N) is 1. The average molecular weight is 163 g/mol. The molecule has 1 aliphatic heterocycles. The van der Waals surface area contributed by atoms with Crippen molar-refractivity contribution in [1.82, 2.24) is 0 Å². The predicted octanol–water partition coefficient (Wildman–Crippen LogP) is -1.30. The Hall–Kier alpha value is -0.420. The molecule has 1 heterocycles. The average Bonchev–Trinajstić information content (AvgIpc) is 1.79. The molecule has 10 heavy (non-hydrogen) atoms. The fraction of sp³-hybridized carbons (Fsp3) is 0.800. The highest BCUT2D eigenvalue weighted by Crippen LogP contribution is 2.06. The number of carbonyl (C=O) groups is 1. The monoisotopic (exact) mass is 163 g/mol. The smallest absolute Gasteiger partial charge is 0.164 e. The van der Waals surface area contributed by atoms with Crippen LogP contribution in [0.4, 0.5) is 0 Å². The molecule has 1 fully saturated rings. The van der Waals surface area contributed by atoms with Gasteiger partial charge < -0.3 is 5.73 Å². The molecule has 1 atom stereocenters. The molecule has 1 unspecified atom stereocenters. The van der Waals surface area contributed by atoms with Crippen molar-refractivity contribution in [2.75, 3.05) is 11.5 Å². The Morgan fingerprint density at radius 1 is 1.50 bits per heavy atom. The van der Waals surface area contributed by atoms with Gasteiger partial charge in [-0.3, -0.25) is 4.79 Å². The first-order valence-corrected chi connectivity index (χ1v) is 4.82. The summed E-state index contributed by atoms with van der Waals surface area (Å²) in [6, 6.07) is -0.552. The third kappa shape index (κ3) is 1.54. The van der Waals surface area contributed by atoms with Crippen molar-refractivity contribution >= 4 is 15.6 Å². The first-order chi connectivity index (χ1) is 4.51. The van der Waals surface area contributed by atoms with Crippen molar-refractivity contribution in [3.8, 4) is 0 Å². The Bertz CT molecular complexity index is 244. The first-order valence-electron chi connectivity index (χ1n) is 3.00. The summed E-state index contributed by atoms with van der Waals surface area (Å²) in [5, 5.41) is 0. The van der Waals surface area contributed by atoms with Crippen LogP contribution in [0.15, 0.2) is 0 Å². The third-order valence-electron chi connectivity index (χ3n) is 1.52. The number of hydrogen-bond acceptors (Lipinski definition) is 4. The van der Waals surface area contributed by atoms with Crippen LogP contribution in [-0.2, 0) is 14.6 Å². The van der Waals surface area contributed by atoms with E-state index < -0.39 is 15.9 Å². The topological polar surface area (TPSA) is 77.2 Å². The molecular formula is C5H9NO3S. The zero-order valence-corrected chi connectivity index (χ0v) is 6.23. The van der Waals surface area contributed by atoms with Crippen LogP contribution in [0.5, 0.6) is 0 Å². The molecule has 5 heteroatoms. The lowest BCUT2D eigenvalue weighted by atomic mass is 10.2. The van der Waals surface area contributed by atoms with Crippen molar-refractivity contribution in [2.45, 2.75) is 12.5 Å². The lowest BCUT2D eigenvalue weighted by Gasteiger charge is -2.15. The molecule has 0 spiro atoms. The molecule has 0 aromatic rings. The first kappa shape index (κ1) is 7.68. The van der Waals surface area contributed by atoms with Crippen LogP contribution in [0.25, 0.3) is 0 Å². The minimum absolute atomic E-state index is 0.0555. The van der Waals surface area contributed by atoms with Crippen molar-refractivity contribution in [3.63, 3.8) is 0 Å². The summed E-state index contributed by atoms with van der Waals surface area (Å²) in [7, 11) is -3.09. The van der Waals surface area contributed by atoms with Gasteiger partial charge in [0.15, 0.2) is 15.6 Å². The number of hydrogen-bond donors (Lipinski definition) is 1. The van der Waals surface area contributed by atoms with E-state index >= 15 is 0 Å². The van der Waals surface area contributed by atoms with E-state index in [0.29, 0.717) is 0 Å². The molecule has 0 amide bonds. The Kier molecular flexibility index (Phi) is 1.78. The molecule has 0 bridgehead atoms. The Labute approximate surface area is 59.3 Å². The van der Waals surface area contributed by atoms with E-state index in [1.54, 1.807) is 0 Å². The van der Waals surface area contributed by atoms with Crippen LogP contribution >= 0.6 is 0 Å². The van der Waals surface area contributed by atoms with Gasteiger partial charge in [-0.25, -0.2) is 8.42 Å². The van der Waals surface area contributed by atoms with Gasteiger partial charge in [0, 0.05) is 0 Å². The van der Waals surface area contributed by atoms with Gasteiger partial charge in [0.2, 0.25) is 0 Å². The summed E-state index contributed by atoms with van der Waals surface area (Å²) in [5.74, 6) is -0.667. The van der Waals surface area contributed by atoms with Crippen LogP contribution in [0.1, 0.15) is 6.42 Å². The van der Waals surface area contributed by atoms with Crippen LogP contribution in [0.2, 0.25) is 0 Å². The van der Waals surface area contributed by atoms with Crippen LogP contribution in [0, 0.1) is 0 Å². The van der Waals surface area contributed by atoms with E-state index in [1.165, 1.54) is 0 Å². The van der Waals surface area contributed by atoms with E-state index in [4.69, 9.17) is 5.73 Å². The van der Waals surface area contributed by atoms with E-state index in [9.17, 15) is 13.2 Å². The molecule has 1 rings (SSSR count). The Balaban J connectivity index is 2.76. The normalized spacial score (nSPS) is 32.1. The maximum Gasteiger partial charge on any atom is 0.164 e. The quantitative estimate of drug-likeness (QED) is 0.481. The number of ketones is 1. The SMILES string of the molecule is NC1CCS(=O)(=O)CC1=O. The summed E-state index contributed by atoms with van der Waals surface area (Å²) < 4.78 is 21.5. The number of sulfone groups is 1. The largest absolute Gasteiger partial charge is 0.321 e. The van der Waals surface area contributed by atoms with Gasteiger partial charge in [0.1, 0.15) is 5.75 Å². The van der Waals surface area contributed by atoms with Crippen molar-refractivity contribution < 1.29 is 13.2 Å². The van der Waals surface area contributed by atoms with Crippen molar-refractivity contribution in [3.05, 3.63) is 0 Å². The molecule has 1 saturated heterocycles. The number of rotatable bonds is 0. The second kappa shape index (κ2) is 2.32. The summed E-state index contributed by atoms with van der Waals surface area (Å²) in [6.07, 6.45) is 0.279. The Morgan fingerprint density at radius 2 is 2.10 bits per heavy atom. The van der Waals surface area contributed by atoms with Crippen LogP contribution in [-0.4, -0.2) is 31.7 Å². The summed E-state index contributed by atoms with van der Waals surface area (Å²) >= 11 is 0. The molecule has 4 nitrogen and oxygen atoms in total. The van der Waals surface area contributed by atoms with E-state index in [0.717, 1.165) is 0 Å². The highest BCUT2D eigenvalue weighted by atomic mass is 32.2. The molecular weight excluding hydrogens is 154 g/mol. The molecule has 2 N–H and O–H groups in total. The van der Waals surface area contributed by atoms with E-state index in [1.807, 2.05) is 0 Å². The molecule has 0 radical (unpaired) electrons. The van der Waals surface area contributed by atoms with E-state index in [2.05, 4.69) is 0 Å². The minimum atomic E-state index is -3.09. The molecule has 58 valence electrons. The van der Waals surface area contributed by atoms with Gasteiger partial charge in [-0.2, -0.15) is 0 Å². The summed E-state index contributed by atoms with van der Waals surface area (Å²) in [6.45, 7) is 0. The van der Waals surface area contributed by atoms with Gasteiger partial charge >= 0.3 is 0 Å². The van der Waals surface area contributed by atoms with Gasteiger partial charge in [-0.15, -0.1) is 0 Å². The maximum absolute atomic E-state index is 10.7. The zero-order chi connectivity index (χ0) is 7.78. The van der Waals surface area contributed by atoms with E-state index in [-0.39, 0.29) is 23.7 Å². The van der Waals surface area contributed by atoms with Gasteiger partial charge in [0.05, 0.1) is 11.8 Å². The highest BCUT2D eigenvalue weighted by molar-refractivity contribution is 7.92. The second-order valence-corrected chi connectivity index (χ2v) is 4.64. The molecule has 0 aliphatic carbocycles. The third-order valence-corrected chi connectivity index (χ3v) is 3.10. The lowest BCUT2D eigenvalue weighted by Crippen LogP contribution is -2.42. The highest BCUT2D eigenvalue weighted by Gasteiger charge is 2.28. The number of carbonyl (C=O) groups excluding carboxylic acids is 1. The molecule has 0 saturated carbocycles.